The van der Waals surface area contributed by atoms with Crippen LogP contribution in [0.3, 0.4) is 0 Å². The molecule has 0 aromatic heterocycles. The van der Waals surface area contributed by atoms with Crippen molar-refractivity contribution in [1.82, 2.24) is 5.32 Å². The van der Waals surface area contributed by atoms with Crippen LogP contribution in [0.2, 0.25) is 0 Å². The normalized spacial score (nSPS) is 14.1. The average Bonchev–Trinajstić information content (AvgIpc) is 3.31. The lowest BCUT2D eigenvalue weighted by Gasteiger charge is -2.30. The maximum atomic E-state index is 12.9. The monoisotopic (exact) mass is 993 g/mol. The van der Waals surface area contributed by atoms with Gasteiger partial charge in [0.05, 0.1) is 39.9 Å². The lowest BCUT2D eigenvalue weighted by molar-refractivity contribution is -0.870. The van der Waals surface area contributed by atoms with Crippen LogP contribution < -0.4 is 10.2 Å². The first-order chi connectivity index (χ1) is 33.5. The molecule has 0 saturated carbocycles. The maximum absolute atomic E-state index is 12.9. The Kier molecular flexibility index (Phi) is 50.7. The molecule has 0 spiro atoms. The van der Waals surface area contributed by atoms with Crippen LogP contribution in [0.15, 0.2) is 36.5 Å². The first-order valence-electron chi connectivity index (χ1n) is 29.8. The van der Waals surface area contributed by atoms with Crippen molar-refractivity contribution < 1.29 is 32.9 Å². The van der Waals surface area contributed by atoms with Gasteiger partial charge in [0.2, 0.25) is 5.91 Å². The van der Waals surface area contributed by atoms with E-state index in [2.05, 4.69) is 55.6 Å². The zero-order valence-corrected chi connectivity index (χ0v) is 47.4. The number of aliphatic hydroxyl groups is 1. The lowest BCUT2D eigenvalue weighted by atomic mass is 10.0. The number of nitrogens with zero attached hydrogens (tertiary/aromatic N) is 1. The Hall–Kier alpha value is -1.28. The first kappa shape index (κ1) is 67.7. The minimum Gasteiger partial charge on any atom is -0.756 e. The molecule has 2 N–H and O–H groups in total. The molecule has 0 radical (unpaired) electrons. The molecule has 1 amide bonds. The molecule has 0 heterocycles. The Balaban J connectivity index is 4.01. The number of nitrogens with one attached hydrogen (secondary N) is 1. The van der Waals surface area contributed by atoms with Crippen LogP contribution in [0, 0.1) is 0 Å². The highest BCUT2D eigenvalue weighted by molar-refractivity contribution is 7.45. The van der Waals surface area contributed by atoms with Gasteiger partial charge in [-0.1, -0.05) is 275 Å². The van der Waals surface area contributed by atoms with Crippen LogP contribution in [-0.2, 0) is 18.4 Å². The highest BCUT2D eigenvalue weighted by atomic mass is 31.2. The molecule has 0 aliphatic rings. The summed E-state index contributed by atoms with van der Waals surface area (Å²) in [4.78, 5) is 25.5. The highest BCUT2D eigenvalue weighted by Crippen LogP contribution is 2.38. The van der Waals surface area contributed by atoms with Gasteiger partial charge in [0.25, 0.3) is 7.82 Å². The molecule has 3 atom stereocenters. The van der Waals surface area contributed by atoms with Crippen LogP contribution in [0.25, 0.3) is 0 Å². The Morgan fingerprint density at radius 3 is 1.29 bits per heavy atom. The Morgan fingerprint density at radius 1 is 0.522 bits per heavy atom. The van der Waals surface area contributed by atoms with Crippen LogP contribution in [0.1, 0.15) is 290 Å². The maximum Gasteiger partial charge on any atom is 0.268 e. The number of phosphoric acid groups is 1. The van der Waals surface area contributed by atoms with E-state index in [0.717, 1.165) is 77.0 Å². The van der Waals surface area contributed by atoms with Crippen LogP contribution in [-0.4, -0.2) is 68.5 Å². The predicted molar refractivity (Wildman–Crippen MR) is 298 cm³/mol. The van der Waals surface area contributed by atoms with Crippen LogP contribution in [0.5, 0.6) is 0 Å². The molecule has 3 unspecified atom stereocenters. The van der Waals surface area contributed by atoms with Crippen molar-refractivity contribution in [2.75, 3.05) is 40.9 Å². The van der Waals surface area contributed by atoms with Crippen molar-refractivity contribution in [3.05, 3.63) is 36.5 Å². The highest BCUT2D eigenvalue weighted by Gasteiger charge is 2.24. The fourth-order valence-electron chi connectivity index (χ4n) is 9.00. The predicted octanol–water partition coefficient (Wildman–Crippen LogP) is 17.5. The van der Waals surface area contributed by atoms with Crippen molar-refractivity contribution in [3.63, 3.8) is 0 Å². The minimum atomic E-state index is -4.58. The molecule has 0 rings (SSSR count). The standard InChI is InChI=1S/C60H117N2O6P/c1-6-8-10-12-14-16-18-20-22-23-24-25-26-27-28-29-30-31-32-33-34-35-36-37-38-40-41-43-45-47-49-51-53-59(63)58(57-68-69(65,66)67-56-55-62(3,4)5)61-60(64)54-52-50-48-46-44-42-39-21-19-17-15-13-11-9-7-2/h9,11,15,17,21,39,58-59,63H,6-8,10,12-14,16,18-20,22-38,40-57H2,1-5H3,(H-,61,64,65,66)/b11-9-,17-15-,39-21-. The zero-order valence-electron chi connectivity index (χ0n) is 46.5. The summed E-state index contributed by atoms with van der Waals surface area (Å²) in [5.41, 5.74) is 0. The Labute approximate surface area is 429 Å². The number of carbonyl (C=O) groups is 1. The smallest absolute Gasteiger partial charge is 0.268 e. The second-order valence-electron chi connectivity index (χ2n) is 21.7. The van der Waals surface area contributed by atoms with E-state index in [1.807, 2.05) is 21.1 Å². The fourth-order valence-corrected chi connectivity index (χ4v) is 9.72. The number of likely N-dealkylation sites (N-methyl/N-ethyl adjacent to an activating group) is 1. The van der Waals surface area contributed by atoms with E-state index in [0.29, 0.717) is 23.9 Å². The van der Waals surface area contributed by atoms with Crippen molar-refractivity contribution in [2.24, 2.45) is 0 Å². The van der Waals surface area contributed by atoms with E-state index in [9.17, 15) is 19.4 Å². The molecule has 0 aromatic rings. The molecule has 0 fully saturated rings. The molecule has 0 bridgehead atoms. The summed E-state index contributed by atoms with van der Waals surface area (Å²) < 4.78 is 23.4. The van der Waals surface area contributed by atoms with Crippen LogP contribution in [0.4, 0.5) is 0 Å². The topological polar surface area (TPSA) is 108 Å². The van der Waals surface area contributed by atoms with E-state index >= 15 is 0 Å². The van der Waals surface area contributed by atoms with Crippen molar-refractivity contribution in [1.29, 1.82) is 0 Å². The van der Waals surface area contributed by atoms with Gasteiger partial charge in [-0.15, -0.1) is 0 Å². The van der Waals surface area contributed by atoms with Gasteiger partial charge in [0.15, 0.2) is 0 Å². The molecule has 0 aromatic carbocycles. The van der Waals surface area contributed by atoms with Crippen molar-refractivity contribution in [3.8, 4) is 0 Å². The molecular weight excluding hydrogens is 876 g/mol. The molecule has 0 aliphatic heterocycles. The van der Waals surface area contributed by atoms with Gasteiger partial charge in [0, 0.05) is 6.42 Å². The largest absolute Gasteiger partial charge is 0.756 e. The number of hydrogen-bond donors (Lipinski definition) is 2. The van der Waals surface area contributed by atoms with Crippen LogP contribution >= 0.6 is 7.82 Å². The Morgan fingerprint density at radius 2 is 0.884 bits per heavy atom. The van der Waals surface area contributed by atoms with Gasteiger partial charge in [-0.25, -0.2) is 0 Å². The molecule has 0 aliphatic carbocycles. The number of carbonyl (C=O) groups excluding carboxylic acids is 1. The minimum absolute atomic E-state index is 0.00832. The number of rotatable bonds is 55. The molecule has 9 heteroatoms. The summed E-state index contributed by atoms with van der Waals surface area (Å²) in [7, 11) is 1.30. The number of phosphoric ester groups is 1. The Bertz CT molecular complexity index is 1220. The summed E-state index contributed by atoms with van der Waals surface area (Å²) in [5.74, 6) is -0.179. The molecule has 0 saturated heterocycles. The van der Waals surface area contributed by atoms with E-state index in [4.69, 9.17) is 9.05 Å². The zero-order chi connectivity index (χ0) is 50.6. The second-order valence-corrected chi connectivity index (χ2v) is 23.1. The summed E-state index contributed by atoms with van der Waals surface area (Å²) >= 11 is 0. The first-order valence-corrected chi connectivity index (χ1v) is 31.3. The number of hydrogen-bond acceptors (Lipinski definition) is 6. The van der Waals surface area contributed by atoms with Gasteiger partial charge in [-0.2, -0.15) is 0 Å². The van der Waals surface area contributed by atoms with Gasteiger partial charge in [0.1, 0.15) is 13.2 Å². The summed E-state index contributed by atoms with van der Waals surface area (Å²) in [6.45, 7) is 4.62. The molecular formula is C60H117N2O6P. The molecule has 8 nitrogen and oxygen atoms in total. The third-order valence-corrected chi connectivity index (χ3v) is 14.6. The molecule has 408 valence electrons. The van der Waals surface area contributed by atoms with Gasteiger partial charge in [-0.3, -0.25) is 9.36 Å². The van der Waals surface area contributed by atoms with E-state index < -0.39 is 20.0 Å². The quantitative estimate of drug-likeness (QED) is 0.0272. The SMILES string of the molecule is CC/C=C\C/C=C\C/C=C\CCCCCCCC(=O)NC(COP(=O)([O-])OCC[N+](C)(C)C)C(O)CCCCCCCCCCCCCCCCCCCCCCCCCCCCCCCCCC. The molecule has 69 heavy (non-hydrogen) atoms. The van der Waals surface area contributed by atoms with E-state index in [1.165, 1.54) is 186 Å². The average molecular weight is 994 g/mol. The fraction of sp³-hybridized carbons (Fsp3) is 0.883. The van der Waals surface area contributed by atoms with Gasteiger partial charge >= 0.3 is 0 Å². The van der Waals surface area contributed by atoms with E-state index in [-0.39, 0.29) is 19.1 Å². The second kappa shape index (κ2) is 51.6. The number of allylic oxidation sites excluding steroid dienone is 6. The van der Waals surface area contributed by atoms with Gasteiger partial charge < -0.3 is 28.8 Å². The summed E-state index contributed by atoms with van der Waals surface area (Å²) in [6, 6.07) is -0.811. The van der Waals surface area contributed by atoms with Crippen molar-refractivity contribution in [2.45, 2.75) is 302 Å². The number of quaternary nitrogens is 1. The van der Waals surface area contributed by atoms with Gasteiger partial charge in [-0.05, 0) is 44.9 Å². The number of aliphatic hydroxyl groups excluding tert-OH is 1. The summed E-state index contributed by atoms with van der Waals surface area (Å²) in [6.07, 6.45) is 66.3. The summed E-state index contributed by atoms with van der Waals surface area (Å²) in [5, 5.41) is 14.0. The number of amides is 1. The van der Waals surface area contributed by atoms with E-state index in [1.54, 1.807) is 0 Å². The third kappa shape index (κ3) is 54.3. The number of unbranched alkanes of at least 4 members (excludes halogenated alkanes) is 36. The van der Waals surface area contributed by atoms with Crippen molar-refractivity contribution >= 4 is 13.7 Å². The third-order valence-electron chi connectivity index (χ3n) is 13.6. The lowest BCUT2D eigenvalue weighted by Crippen LogP contribution is -2.46.